The summed E-state index contributed by atoms with van der Waals surface area (Å²) in [4.78, 5) is 2.66. The van der Waals surface area contributed by atoms with Crippen LogP contribution < -0.4 is 0 Å². The number of hydrogen-bond acceptors (Lipinski definition) is 1. The van der Waals surface area contributed by atoms with Gasteiger partial charge in [-0.15, -0.1) is 0 Å². The highest BCUT2D eigenvalue weighted by molar-refractivity contribution is 9.10. The standard InChI is InChI=1S/C29H17BrS/c30-25-13-7-15-27-28(25)29(23-12-5-6-14-26(23)31-27)22-11-4-3-10-20(22)21-16-18-8-1-2-9-19(18)17-24(21)29/h1-17H. The number of rotatable bonds is 0. The van der Waals surface area contributed by atoms with Gasteiger partial charge in [0.25, 0.3) is 0 Å². The van der Waals surface area contributed by atoms with Crippen LogP contribution in [-0.2, 0) is 5.41 Å². The smallest absolute Gasteiger partial charge is 0.0746 e. The fraction of sp³-hybridized carbons (Fsp3) is 0.0345. The van der Waals surface area contributed by atoms with Crippen molar-refractivity contribution in [1.82, 2.24) is 0 Å². The van der Waals surface area contributed by atoms with Gasteiger partial charge in [-0.2, -0.15) is 0 Å². The predicted molar refractivity (Wildman–Crippen MR) is 133 cm³/mol. The van der Waals surface area contributed by atoms with E-state index in [0.717, 1.165) is 0 Å². The van der Waals surface area contributed by atoms with Crippen molar-refractivity contribution in [1.29, 1.82) is 0 Å². The molecule has 0 radical (unpaired) electrons. The summed E-state index contributed by atoms with van der Waals surface area (Å²) in [5.41, 5.74) is 7.85. The first-order valence-electron chi connectivity index (χ1n) is 10.5. The van der Waals surface area contributed by atoms with E-state index in [9.17, 15) is 0 Å². The Morgan fingerprint density at radius 3 is 2.10 bits per heavy atom. The normalized spacial score (nSPS) is 17.8. The molecule has 146 valence electrons. The van der Waals surface area contributed by atoms with Crippen LogP contribution in [0, 0.1) is 0 Å². The molecule has 2 aliphatic rings. The van der Waals surface area contributed by atoms with Crippen molar-refractivity contribution < 1.29 is 0 Å². The summed E-state index contributed by atoms with van der Waals surface area (Å²) >= 11 is 5.84. The topological polar surface area (TPSA) is 0 Å². The highest BCUT2D eigenvalue weighted by Crippen LogP contribution is 2.63. The molecule has 2 heteroatoms. The second kappa shape index (κ2) is 6.35. The quantitative estimate of drug-likeness (QED) is 0.211. The van der Waals surface area contributed by atoms with Gasteiger partial charge in [-0.1, -0.05) is 100 Å². The predicted octanol–water partition coefficient (Wildman–Crippen LogP) is 8.43. The van der Waals surface area contributed by atoms with Crippen molar-refractivity contribution in [2.24, 2.45) is 0 Å². The molecular weight excluding hydrogens is 460 g/mol. The van der Waals surface area contributed by atoms with E-state index >= 15 is 0 Å². The highest BCUT2D eigenvalue weighted by Gasteiger charge is 2.51. The third-order valence-corrected chi connectivity index (χ3v) is 8.57. The van der Waals surface area contributed by atoms with E-state index in [1.54, 1.807) is 0 Å². The van der Waals surface area contributed by atoms with Crippen molar-refractivity contribution in [3.05, 3.63) is 130 Å². The molecule has 7 rings (SSSR count). The average molecular weight is 477 g/mol. The van der Waals surface area contributed by atoms with Gasteiger partial charge in [-0.3, -0.25) is 0 Å². The van der Waals surface area contributed by atoms with Crippen LogP contribution >= 0.6 is 27.7 Å². The summed E-state index contributed by atoms with van der Waals surface area (Å²) in [5.74, 6) is 0. The van der Waals surface area contributed by atoms with Gasteiger partial charge in [0.05, 0.1) is 5.41 Å². The zero-order chi connectivity index (χ0) is 20.6. The van der Waals surface area contributed by atoms with Gasteiger partial charge in [-0.25, -0.2) is 0 Å². The van der Waals surface area contributed by atoms with Gasteiger partial charge in [0.2, 0.25) is 0 Å². The second-order valence-corrected chi connectivity index (χ2v) is 10.2. The Morgan fingerprint density at radius 2 is 1.23 bits per heavy atom. The number of halogens is 1. The van der Waals surface area contributed by atoms with Gasteiger partial charge >= 0.3 is 0 Å². The molecule has 5 aromatic carbocycles. The second-order valence-electron chi connectivity index (χ2n) is 8.25. The van der Waals surface area contributed by atoms with Crippen LogP contribution in [0.25, 0.3) is 21.9 Å². The molecule has 0 amide bonds. The summed E-state index contributed by atoms with van der Waals surface area (Å²) in [7, 11) is 0. The molecule has 0 aromatic heterocycles. The maximum absolute atomic E-state index is 3.96. The lowest BCUT2D eigenvalue weighted by atomic mass is 9.67. The third kappa shape index (κ3) is 2.22. The summed E-state index contributed by atoms with van der Waals surface area (Å²) in [6.45, 7) is 0. The summed E-state index contributed by atoms with van der Waals surface area (Å²) in [6, 6.07) is 38.1. The van der Waals surface area contributed by atoms with Crippen LogP contribution in [0.1, 0.15) is 22.3 Å². The SMILES string of the molecule is Brc1cccc2c1C1(c3ccccc3S2)c2ccccc2-c2cc3ccccc3cc21. The molecule has 0 nitrogen and oxygen atoms in total. The molecule has 1 heterocycles. The van der Waals surface area contributed by atoms with Crippen molar-refractivity contribution in [3.63, 3.8) is 0 Å². The van der Waals surface area contributed by atoms with E-state index in [1.165, 1.54) is 58.4 Å². The molecule has 1 aliphatic carbocycles. The first kappa shape index (κ1) is 17.8. The molecular formula is C29H17BrS. The van der Waals surface area contributed by atoms with Gasteiger partial charge in [0.1, 0.15) is 0 Å². The zero-order valence-electron chi connectivity index (χ0n) is 16.6. The van der Waals surface area contributed by atoms with Crippen molar-refractivity contribution in [2.45, 2.75) is 15.2 Å². The molecule has 0 bridgehead atoms. The van der Waals surface area contributed by atoms with Crippen LogP contribution in [0.4, 0.5) is 0 Å². The lowest BCUT2D eigenvalue weighted by molar-refractivity contribution is 0.718. The van der Waals surface area contributed by atoms with Gasteiger partial charge < -0.3 is 0 Å². The zero-order valence-corrected chi connectivity index (χ0v) is 19.0. The van der Waals surface area contributed by atoms with E-state index in [1.807, 2.05) is 11.8 Å². The number of fused-ring (bicyclic) bond motifs is 10. The first-order valence-corrected chi connectivity index (χ1v) is 12.1. The first-order chi connectivity index (χ1) is 15.3. The molecule has 0 fully saturated rings. The molecule has 1 atom stereocenters. The van der Waals surface area contributed by atoms with Crippen LogP contribution in [0.2, 0.25) is 0 Å². The summed E-state index contributed by atoms with van der Waals surface area (Å²) < 4.78 is 1.17. The minimum atomic E-state index is -0.326. The van der Waals surface area contributed by atoms with Gasteiger partial charge in [0.15, 0.2) is 0 Å². The molecule has 5 aromatic rings. The molecule has 0 saturated carbocycles. The van der Waals surface area contributed by atoms with Crippen LogP contribution in [0.15, 0.2) is 117 Å². The average Bonchev–Trinajstić information content (AvgIpc) is 3.08. The van der Waals surface area contributed by atoms with Gasteiger partial charge in [-0.05, 0) is 74.5 Å². The van der Waals surface area contributed by atoms with E-state index in [4.69, 9.17) is 0 Å². The minimum absolute atomic E-state index is 0.326. The Hall–Kier alpha value is -2.81. The van der Waals surface area contributed by atoms with Crippen LogP contribution in [-0.4, -0.2) is 0 Å². The minimum Gasteiger partial charge on any atom is -0.0894 e. The molecule has 1 spiro atoms. The molecule has 0 N–H and O–H groups in total. The van der Waals surface area contributed by atoms with Crippen molar-refractivity contribution in [3.8, 4) is 11.1 Å². The molecule has 0 saturated heterocycles. The molecule has 1 aliphatic heterocycles. The maximum Gasteiger partial charge on any atom is 0.0746 e. The molecule has 31 heavy (non-hydrogen) atoms. The lowest BCUT2D eigenvalue weighted by Crippen LogP contribution is -2.32. The van der Waals surface area contributed by atoms with E-state index in [2.05, 4.69) is 119 Å². The summed E-state index contributed by atoms with van der Waals surface area (Å²) in [6.07, 6.45) is 0. The van der Waals surface area contributed by atoms with E-state index < -0.39 is 0 Å². The van der Waals surface area contributed by atoms with Crippen molar-refractivity contribution in [2.75, 3.05) is 0 Å². The monoisotopic (exact) mass is 476 g/mol. The number of hydrogen-bond donors (Lipinski definition) is 0. The largest absolute Gasteiger partial charge is 0.0894 e. The Kier molecular flexibility index (Phi) is 3.65. The fourth-order valence-electron chi connectivity index (χ4n) is 5.59. The fourth-order valence-corrected chi connectivity index (χ4v) is 7.62. The van der Waals surface area contributed by atoms with Gasteiger partial charge in [0, 0.05) is 14.3 Å². The van der Waals surface area contributed by atoms with Crippen molar-refractivity contribution >= 4 is 38.5 Å². The molecule has 1 unspecified atom stereocenters. The van der Waals surface area contributed by atoms with Crippen LogP contribution in [0.5, 0.6) is 0 Å². The summed E-state index contributed by atoms with van der Waals surface area (Å²) in [5, 5.41) is 2.58. The highest BCUT2D eigenvalue weighted by atomic mass is 79.9. The van der Waals surface area contributed by atoms with E-state index in [0.29, 0.717) is 0 Å². The number of benzene rings is 5. The Morgan fingerprint density at radius 1 is 0.548 bits per heavy atom. The Balaban J connectivity index is 1.75. The Labute approximate surface area is 194 Å². The third-order valence-electron chi connectivity index (χ3n) is 6.77. The maximum atomic E-state index is 3.96. The van der Waals surface area contributed by atoms with E-state index in [-0.39, 0.29) is 5.41 Å². The van der Waals surface area contributed by atoms with Crippen LogP contribution in [0.3, 0.4) is 0 Å². The lowest BCUT2D eigenvalue weighted by Gasteiger charge is -2.40. The Bertz CT molecular complexity index is 1530.